The van der Waals surface area contributed by atoms with Gasteiger partial charge in [-0.15, -0.1) is 0 Å². The fourth-order valence-corrected chi connectivity index (χ4v) is 6.86. The number of carbonyl (C=O) groups is 2. The van der Waals surface area contributed by atoms with Crippen molar-refractivity contribution in [2.45, 2.75) is 156 Å². The monoisotopic (exact) mass is 740 g/mol. The van der Waals surface area contributed by atoms with E-state index in [4.69, 9.17) is 15.2 Å². The maximum Gasteiger partial charge on any atom is 0.308 e. The van der Waals surface area contributed by atoms with Crippen molar-refractivity contribution in [2.75, 3.05) is 98.9 Å². The van der Waals surface area contributed by atoms with E-state index in [2.05, 4.69) is 47.7 Å². The molecule has 1 rings (SSSR count). The standard InChI is InChI=1S/C31H65N5O3.C12H24O/c1-4-6-8-9-15-30(14-7-5-2)31(37)39-29-13-11-20-34(19-10-12-28-38-3)22-25-36-26-23-35(24-27-36)21-18-33-17-16-32;1-3-5-7-8-10-12(11-13)9-6-4-2/h30,33H,4-29,32H2,1-3H3;11-12H,3-10H2,1-2H3. The van der Waals surface area contributed by atoms with Crippen LogP contribution in [0.1, 0.15) is 156 Å². The first kappa shape index (κ1) is 50.9. The zero-order valence-corrected chi connectivity index (χ0v) is 35.3. The summed E-state index contributed by atoms with van der Waals surface area (Å²) in [6.45, 7) is 23.0. The Morgan fingerprint density at radius 1 is 0.673 bits per heavy atom. The minimum Gasteiger partial charge on any atom is -0.465 e. The highest BCUT2D eigenvalue weighted by Gasteiger charge is 2.20. The molecule has 1 heterocycles. The van der Waals surface area contributed by atoms with Crippen LogP contribution in [0.5, 0.6) is 0 Å². The molecule has 9 nitrogen and oxygen atoms in total. The minimum absolute atomic E-state index is 0.0469. The molecule has 0 amide bonds. The molecule has 1 fully saturated rings. The van der Waals surface area contributed by atoms with Crippen molar-refractivity contribution in [3.05, 3.63) is 0 Å². The van der Waals surface area contributed by atoms with E-state index in [9.17, 15) is 9.59 Å². The van der Waals surface area contributed by atoms with E-state index in [1.54, 1.807) is 7.11 Å². The summed E-state index contributed by atoms with van der Waals surface area (Å²) >= 11 is 0. The lowest BCUT2D eigenvalue weighted by Crippen LogP contribution is -2.50. The molecule has 52 heavy (non-hydrogen) atoms. The molecule has 0 aromatic heterocycles. The van der Waals surface area contributed by atoms with Crippen LogP contribution < -0.4 is 11.1 Å². The van der Waals surface area contributed by atoms with Gasteiger partial charge in [-0.3, -0.25) is 14.6 Å². The lowest BCUT2D eigenvalue weighted by atomic mass is 9.95. The Kier molecular flexibility index (Phi) is 38.8. The number of carbonyl (C=O) groups excluding carboxylic acids is 2. The molecule has 1 aliphatic rings. The summed E-state index contributed by atoms with van der Waals surface area (Å²) in [5.74, 6) is 0.490. The zero-order chi connectivity index (χ0) is 38.3. The summed E-state index contributed by atoms with van der Waals surface area (Å²) in [5, 5.41) is 3.40. The SMILES string of the molecule is CCCCCCC(C=O)CCCC.CCCCCCC(CCCC)C(=O)OCCCCN(CCCCOC)CCN1CCN(CCNCCN)CC1. The first-order valence-electron chi connectivity index (χ1n) is 22.2. The van der Waals surface area contributed by atoms with Gasteiger partial charge in [0, 0.05) is 85.1 Å². The summed E-state index contributed by atoms with van der Waals surface area (Å²) in [6.07, 6.45) is 24.3. The fourth-order valence-electron chi connectivity index (χ4n) is 6.86. The molecule has 3 N–H and O–H groups in total. The van der Waals surface area contributed by atoms with Gasteiger partial charge in [0.2, 0.25) is 0 Å². The van der Waals surface area contributed by atoms with Crippen LogP contribution in [0, 0.1) is 11.8 Å². The maximum atomic E-state index is 12.7. The van der Waals surface area contributed by atoms with Crippen molar-refractivity contribution in [2.24, 2.45) is 17.6 Å². The first-order valence-corrected chi connectivity index (χ1v) is 22.2. The second-order valence-electron chi connectivity index (χ2n) is 15.2. The highest BCUT2D eigenvalue weighted by Crippen LogP contribution is 2.19. The van der Waals surface area contributed by atoms with Crippen LogP contribution >= 0.6 is 0 Å². The van der Waals surface area contributed by atoms with Gasteiger partial charge in [0.1, 0.15) is 6.29 Å². The van der Waals surface area contributed by atoms with Gasteiger partial charge >= 0.3 is 5.97 Å². The van der Waals surface area contributed by atoms with E-state index in [0.29, 0.717) is 19.1 Å². The fraction of sp³-hybridized carbons (Fsp3) is 0.953. The van der Waals surface area contributed by atoms with Crippen LogP contribution in [0.3, 0.4) is 0 Å². The Hall–Kier alpha value is -1.10. The quantitative estimate of drug-likeness (QED) is 0.0377. The minimum atomic E-state index is 0.0469. The molecule has 0 aromatic carbocycles. The number of unbranched alkanes of at least 4 members (excludes halogenated alkanes) is 10. The van der Waals surface area contributed by atoms with Crippen LogP contribution in [0.2, 0.25) is 0 Å². The largest absolute Gasteiger partial charge is 0.465 e. The predicted octanol–water partition coefficient (Wildman–Crippen LogP) is 7.94. The smallest absolute Gasteiger partial charge is 0.308 e. The van der Waals surface area contributed by atoms with Crippen molar-refractivity contribution in [3.63, 3.8) is 0 Å². The molecule has 0 aromatic rings. The van der Waals surface area contributed by atoms with E-state index in [0.717, 1.165) is 149 Å². The van der Waals surface area contributed by atoms with Crippen molar-refractivity contribution < 1.29 is 19.1 Å². The van der Waals surface area contributed by atoms with E-state index in [1.807, 2.05) is 0 Å². The Labute approximate surface area is 323 Å². The average molecular weight is 740 g/mol. The third-order valence-corrected chi connectivity index (χ3v) is 10.5. The predicted molar refractivity (Wildman–Crippen MR) is 222 cm³/mol. The number of esters is 1. The normalized spacial score (nSPS) is 15.0. The van der Waals surface area contributed by atoms with Gasteiger partial charge in [-0.05, 0) is 64.5 Å². The molecule has 0 spiro atoms. The van der Waals surface area contributed by atoms with E-state index >= 15 is 0 Å². The van der Waals surface area contributed by atoms with Crippen molar-refractivity contribution >= 4 is 12.3 Å². The van der Waals surface area contributed by atoms with Crippen LogP contribution in [0.15, 0.2) is 0 Å². The third-order valence-electron chi connectivity index (χ3n) is 10.5. The second kappa shape index (κ2) is 39.6. The van der Waals surface area contributed by atoms with Gasteiger partial charge in [0.25, 0.3) is 0 Å². The topological polar surface area (TPSA) is 100 Å². The number of hydrogen-bond donors (Lipinski definition) is 2. The summed E-state index contributed by atoms with van der Waals surface area (Å²) in [4.78, 5) is 31.2. The van der Waals surface area contributed by atoms with Crippen molar-refractivity contribution in [1.29, 1.82) is 0 Å². The van der Waals surface area contributed by atoms with Crippen molar-refractivity contribution in [3.8, 4) is 0 Å². The zero-order valence-electron chi connectivity index (χ0n) is 35.3. The highest BCUT2D eigenvalue weighted by atomic mass is 16.5. The number of aldehydes is 1. The van der Waals surface area contributed by atoms with Gasteiger partial charge in [-0.1, -0.05) is 105 Å². The Bertz CT molecular complexity index is 753. The Morgan fingerprint density at radius 2 is 1.21 bits per heavy atom. The van der Waals surface area contributed by atoms with Gasteiger partial charge in [0.15, 0.2) is 0 Å². The second-order valence-corrected chi connectivity index (χ2v) is 15.2. The number of nitrogens with zero attached hydrogens (tertiary/aromatic N) is 3. The molecule has 1 aliphatic heterocycles. The first-order chi connectivity index (χ1) is 25.5. The van der Waals surface area contributed by atoms with Gasteiger partial charge in [0.05, 0.1) is 12.5 Å². The molecular weight excluding hydrogens is 651 g/mol. The average Bonchev–Trinajstić information content (AvgIpc) is 3.16. The molecule has 2 unspecified atom stereocenters. The van der Waals surface area contributed by atoms with E-state index < -0.39 is 0 Å². The summed E-state index contributed by atoms with van der Waals surface area (Å²) in [5.41, 5.74) is 5.56. The molecule has 0 aliphatic carbocycles. The van der Waals surface area contributed by atoms with E-state index in [-0.39, 0.29) is 11.9 Å². The molecule has 2 atom stereocenters. The van der Waals surface area contributed by atoms with Crippen LogP contribution in [-0.4, -0.2) is 126 Å². The van der Waals surface area contributed by atoms with Crippen LogP contribution in [0.4, 0.5) is 0 Å². The molecule has 1 saturated heterocycles. The molecule has 310 valence electrons. The number of methoxy groups -OCH3 is 1. The number of ether oxygens (including phenoxy) is 2. The molecule has 0 saturated carbocycles. The Balaban J connectivity index is 0.00000169. The van der Waals surface area contributed by atoms with Gasteiger partial charge in [-0.2, -0.15) is 0 Å². The Morgan fingerprint density at radius 3 is 1.79 bits per heavy atom. The lowest BCUT2D eigenvalue weighted by Gasteiger charge is -2.36. The lowest BCUT2D eigenvalue weighted by molar-refractivity contribution is -0.149. The van der Waals surface area contributed by atoms with Crippen molar-refractivity contribution in [1.82, 2.24) is 20.0 Å². The number of piperazine rings is 1. The number of nitrogens with one attached hydrogen (secondary N) is 1. The summed E-state index contributed by atoms with van der Waals surface area (Å²) < 4.78 is 11.0. The van der Waals surface area contributed by atoms with Crippen LogP contribution in [0.25, 0.3) is 0 Å². The van der Waals surface area contributed by atoms with Gasteiger partial charge < -0.3 is 30.2 Å². The molecule has 9 heteroatoms. The molecule has 0 radical (unpaired) electrons. The molecular formula is C43H89N5O4. The van der Waals surface area contributed by atoms with E-state index in [1.165, 1.54) is 64.2 Å². The van der Waals surface area contributed by atoms with Gasteiger partial charge in [-0.25, -0.2) is 0 Å². The highest BCUT2D eigenvalue weighted by molar-refractivity contribution is 5.72. The number of nitrogens with two attached hydrogens (primary N) is 1. The third kappa shape index (κ3) is 31.3. The molecule has 0 bridgehead atoms. The maximum absolute atomic E-state index is 12.7. The van der Waals surface area contributed by atoms with Crippen LogP contribution in [-0.2, 0) is 19.1 Å². The summed E-state index contributed by atoms with van der Waals surface area (Å²) in [7, 11) is 1.78. The number of hydrogen-bond acceptors (Lipinski definition) is 9. The summed E-state index contributed by atoms with van der Waals surface area (Å²) in [6, 6.07) is 0. The number of rotatable bonds is 36.